The van der Waals surface area contributed by atoms with Crippen molar-refractivity contribution >= 4 is 9.04 Å². The first-order chi connectivity index (χ1) is 3.39. The molecule has 0 aliphatic carbocycles. The molecule has 1 atom stereocenters. The minimum absolute atomic E-state index is 0.862. The van der Waals surface area contributed by atoms with Gasteiger partial charge in [0.15, 0.2) is 0 Å². The van der Waals surface area contributed by atoms with Crippen LogP contribution in [0.5, 0.6) is 0 Å². The lowest BCUT2D eigenvalue weighted by atomic mass is 10.6. The van der Waals surface area contributed by atoms with Crippen LogP contribution >= 0.6 is 0 Å². The highest BCUT2D eigenvalue weighted by atomic mass is 28.3. The molecule has 38 valence electrons. The molecule has 0 aromatic heterocycles. The van der Waals surface area contributed by atoms with E-state index in [9.17, 15) is 0 Å². The third kappa shape index (κ3) is 1.20. The van der Waals surface area contributed by atoms with E-state index in [0.29, 0.717) is 0 Å². The molecule has 0 aromatic rings. The van der Waals surface area contributed by atoms with E-state index in [0.717, 1.165) is 0 Å². The Morgan fingerprint density at radius 3 is 2.57 bits per heavy atom. The molecule has 1 nitrogen and oxygen atoms in total. The lowest BCUT2D eigenvalue weighted by Crippen LogP contribution is -2.06. The highest BCUT2D eigenvalue weighted by Gasteiger charge is 1.96. The molecule has 1 rings (SSSR count). The third-order valence-electron chi connectivity index (χ3n) is 0.865. The van der Waals surface area contributed by atoms with Gasteiger partial charge in [-0.05, 0) is 12.6 Å². The molecule has 0 saturated heterocycles. The van der Waals surface area contributed by atoms with E-state index >= 15 is 0 Å². The summed E-state index contributed by atoms with van der Waals surface area (Å²) in [6, 6.07) is 0. The quantitative estimate of drug-likeness (QED) is 0.424. The Labute approximate surface area is 45.0 Å². The summed E-state index contributed by atoms with van der Waals surface area (Å²) in [5.74, 6) is 0. The first kappa shape index (κ1) is 4.65. The third-order valence-corrected chi connectivity index (χ3v) is 2.22. The molecule has 0 radical (unpaired) electrons. The predicted octanol–water partition coefficient (Wildman–Crippen LogP) is 0.979. The lowest BCUT2D eigenvalue weighted by molar-refractivity contribution is 0.503. The van der Waals surface area contributed by atoms with Gasteiger partial charge in [-0.2, -0.15) is 0 Å². The molecular weight excluding hydrogens is 104 g/mol. The zero-order valence-electron chi connectivity index (χ0n) is 4.29. The van der Waals surface area contributed by atoms with Crippen molar-refractivity contribution in [1.29, 1.82) is 0 Å². The Kier molecular flexibility index (Phi) is 1.31. The van der Waals surface area contributed by atoms with Gasteiger partial charge in [-0.15, -0.1) is 0 Å². The fraction of sp³-hybridized carbons (Fsp3) is 0.200. The van der Waals surface area contributed by atoms with Crippen LogP contribution in [0.4, 0.5) is 0 Å². The molecule has 0 fully saturated rings. The Balaban J connectivity index is 2.49. The van der Waals surface area contributed by atoms with Crippen LogP contribution in [0, 0.1) is 0 Å². The molecule has 0 bridgehead atoms. The highest BCUT2D eigenvalue weighted by molar-refractivity contribution is 6.56. The minimum atomic E-state index is -0.862. The molecule has 2 heteroatoms. The van der Waals surface area contributed by atoms with Gasteiger partial charge in [0, 0.05) is 0 Å². The molecule has 0 amide bonds. The monoisotopic (exact) mass is 112 g/mol. The molecule has 1 heterocycles. The van der Waals surface area contributed by atoms with Crippen molar-refractivity contribution in [2.75, 3.05) is 0 Å². The summed E-state index contributed by atoms with van der Waals surface area (Å²) in [5.41, 5.74) is 2.14. The summed E-state index contributed by atoms with van der Waals surface area (Å²) >= 11 is 0. The maximum atomic E-state index is 5.15. The molecule has 0 saturated carbocycles. The normalized spacial score (nSPS) is 27.3. The van der Waals surface area contributed by atoms with Gasteiger partial charge in [0.1, 0.15) is 0 Å². The van der Waals surface area contributed by atoms with Gasteiger partial charge in [0.05, 0.1) is 6.26 Å². The van der Waals surface area contributed by atoms with Crippen molar-refractivity contribution in [2.45, 2.75) is 6.55 Å². The van der Waals surface area contributed by atoms with Gasteiger partial charge in [0.25, 0.3) is 9.04 Å². The van der Waals surface area contributed by atoms with Crippen molar-refractivity contribution in [3.63, 3.8) is 0 Å². The SMILES string of the molecule is C[SiH]1C=CC=CO1. The van der Waals surface area contributed by atoms with E-state index in [1.165, 1.54) is 0 Å². The van der Waals surface area contributed by atoms with Crippen LogP contribution in [-0.2, 0) is 4.43 Å². The van der Waals surface area contributed by atoms with Gasteiger partial charge >= 0.3 is 0 Å². The number of hydrogen-bond donors (Lipinski definition) is 0. The van der Waals surface area contributed by atoms with Crippen molar-refractivity contribution in [1.82, 2.24) is 0 Å². The fourth-order valence-electron chi connectivity index (χ4n) is 0.481. The second-order valence-corrected chi connectivity index (χ2v) is 3.62. The topological polar surface area (TPSA) is 9.23 Å². The molecule has 0 aromatic carbocycles. The number of allylic oxidation sites excluding steroid dienone is 2. The number of hydrogen-bond acceptors (Lipinski definition) is 1. The summed E-state index contributed by atoms with van der Waals surface area (Å²) in [4.78, 5) is 0. The lowest BCUT2D eigenvalue weighted by Gasteiger charge is -2.05. The highest BCUT2D eigenvalue weighted by Crippen LogP contribution is 1.95. The maximum Gasteiger partial charge on any atom is 0.256 e. The summed E-state index contributed by atoms with van der Waals surface area (Å²) in [6.07, 6.45) is 5.71. The van der Waals surface area contributed by atoms with Crippen molar-refractivity contribution in [3.05, 3.63) is 24.1 Å². The summed E-state index contributed by atoms with van der Waals surface area (Å²) in [5, 5.41) is 0. The van der Waals surface area contributed by atoms with Gasteiger partial charge in [-0.1, -0.05) is 11.8 Å². The standard InChI is InChI=1S/C5H8OSi/c1-7-5-3-2-4-6-7/h2-5,7H,1H3. The Morgan fingerprint density at radius 2 is 2.29 bits per heavy atom. The van der Waals surface area contributed by atoms with E-state index in [1.807, 2.05) is 12.2 Å². The van der Waals surface area contributed by atoms with Crippen LogP contribution in [0.3, 0.4) is 0 Å². The molecule has 0 N–H and O–H groups in total. The fourth-order valence-corrected chi connectivity index (χ4v) is 1.35. The van der Waals surface area contributed by atoms with E-state index in [2.05, 4.69) is 12.2 Å². The summed E-state index contributed by atoms with van der Waals surface area (Å²) in [6.45, 7) is 2.14. The summed E-state index contributed by atoms with van der Waals surface area (Å²) in [7, 11) is -0.862. The average molecular weight is 112 g/mol. The largest absolute Gasteiger partial charge is 0.548 e. The Morgan fingerprint density at radius 1 is 1.43 bits per heavy atom. The average Bonchev–Trinajstić information content (AvgIpc) is 1.69. The second-order valence-electron chi connectivity index (χ2n) is 1.55. The molecule has 0 spiro atoms. The van der Waals surface area contributed by atoms with Gasteiger partial charge in [-0.25, -0.2) is 0 Å². The summed E-state index contributed by atoms with van der Waals surface area (Å²) < 4.78 is 5.15. The molecule has 1 unspecified atom stereocenters. The van der Waals surface area contributed by atoms with E-state index in [-0.39, 0.29) is 0 Å². The zero-order chi connectivity index (χ0) is 5.11. The van der Waals surface area contributed by atoms with Gasteiger partial charge in [-0.3, -0.25) is 0 Å². The first-order valence-electron chi connectivity index (χ1n) is 2.38. The molecule has 7 heavy (non-hydrogen) atoms. The van der Waals surface area contributed by atoms with Crippen LogP contribution in [-0.4, -0.2) is 9.04 Å². The van der Waals surface area contributed by atoms with E-state index < -0.39 is 9.04 Å². The molecular formula is C5H8OSi. The van der Waals surface area contributed by atoms with Crippen LogP contribution in [0.1, 0.15) is 0 Å². The minimum Gasteiger partial charge on any atom is -0.548 e. The second kappa shape index (κ2) is 1.98. The Hall–Kier alpha value is -0.503. The Bertz CT molecular complexity index is 107. The van der Waals surface area contributed by atoms with Crippen molar-refractivity contribution < 1.29 is 4.43 Å². The predicted molar refractivity (Wildman–Crippen MR) is 32.4 cm³/mol. The van der Waals surface area contributed by atoms with E-state index in [1.54, 1.807) is 6.26 Å². The van der Waals surface area contributed by atoms with E-state index in [4.69, 9.17) is 4.43 Å². The van der Waals surface area contributed by atoms with Crippen LogP contribution in [0.25, 0.3) is 0 Å². The van der Waals surface area contributed by atoms with Crippen LogP contribution in [0.15, 0.2) is 24.1 Å². The first-order valence-corrected chi connectivity index (χ1v) is 4.67. The van der Waals surface area contributed by atoms with Gasteiger partial charge < -0.3 is 4.43 Å². The smallest absolute Gasteiger partial charge is 0.256 e. The molecule has 1 aliphatic rings. The van der Waals surface area contributed by atoms with Gasteiger partial charge in [0.2, 0.25) is 0 Å². The number of rotatable bonds is 0. The van der Waals surface area contributed by atoms with Crippen molar-refractivity contribution in [2.24, 2.45) is 0 Å². The van der Waals surface area contributed by atoms with Crippen LogP contribution < -0.4 is 0 Å². The molecule has 1 aliphatic heterocycles. The van der Waals surface area contributed by atoms with Crippen molar-refractivity contribution in [3.8, 4) is 0 Å². The van der Waals surface area contributed by atoms with Crippen LogP contribution in [0.2, 0.25) is 6.55 Å². The zero-order valence-corrected chi connectivity index (χ0v) is 5.45. The maximum absolute atomic E-state index is 5.15.